The molecule has 2 N–H and O–H groups in total. The third-order valence-electron chi connectivity index (χ3n) is 2.66. The molecule has 0 unspecified atom stereocenters. The summed E-state index contributed by atoms with van der Waals surface area (Å²) >= 11 is 1.66. The van der Waals surface area contributed by atoms with Gasteiger partial charge in [-0.05, 0) is 12.8 Å². The predicted octanol–water partition coefficient (Wildman–Crippen LogP) is 2.71. The van der Waals surface area contributed by atoms with E-state index in [0.29, 0.717) is 11.3 Å². The smallest absolute Gasteiger partial charge is 0.191 e. The highest BCUT2D eigenvalue weighted by Crippen LogP contribution is 2.22. The van der Waals surface area contributed by atoms with Gasteiger partial charge in [-0.3, -0.25) is 0 Å². The van der Waals surface area contributed by atoms with Gasteiger partial charge >= 0.3 is 0 Å². The molecular formula is C12H19N5S. The van der Waals surface area contributed by atoms with Crippen LogP contribution in [0.4, 0.5) is 5.82 Å². The first-order valence-corrected chi connectivity index (χ1v) is 7.36. The van der Waals surface area contributed by atoms with E-state index < -0.39 is 0 Å². The molecule has 0 bridgehead atoms. The molecule has 0 saturated heterocycles. The van der Waals surface area contributed by atoms with E-state index in [2.05, 4.69) is 28.8 Å². The number of thioether (sulfide) groups is 1. The molecule has 0 aliphatic carbocycles. The summed E-state index contributed by atoms with van der Waals surface area (Å²) in [7, 11) is 0. The Morgan fingerprint density at radius 1 is 1.28 bits per heavy atom. The summed E-state index contributed by atoms with van der Waals surface area (Å²) in [5.41, 5.74) is 7.49. The molecule has 2 rings (SSSR count). The van der Waals surface area contributed by atoms with Crippen LogP contribution in [-0.2, 0) is 6.54 Å². The molecule has 0 aliphatic rings. The Kier molecular flexibility index (Phi) is 4.41. The maximum Gasteiger partial charge on any atom is 0.191 e. The number of aromatic nitrogens is 4. The number of hydrogen-bond acceptors (Lipinski definition) is 5. The molecule has 18 heavy (non-hydrogen) atoms. The van der Waals surface area contributed by atoms with Gasteiger partial charge in [0.25, 0.3) is 0 Å². The molecule has 0 fully saturated rings. The first kappa shape index (κ1) is 13.1. The van der Waals surface area contributed by atoms with E-state index in [-0.39, 0.29) is 0 Å². The summed E-state index contributed by atoms with van der Waals surface area (Å²) in [6, 6.07) is 0. The summed E-state index contributed by atoms with van der Waals surface area (Å²) in [5.74, 6) is 1.51. The molecule has 0 spiro atoms. The number of nitrogens with zero attached hydrogens (tertiary/aromatic N) is 4. The second-order valence-corrected chi connectivity index (χ2v) is 5.27. The van der Waals surface area contributed by atoms with Crippen LogP contribution in [0.3, 0.4) is 0 Å². The predicted molar refractivity (Wildman–Crippen MR) is 75.7 cm³/mol. The number of fused-ring (bicyclic) bond motifs is 1. The zero-order valence-corrected chi connectivity index (χ0v) is 11.7. The summed E-state index contributed by atoms with van der Waals surface area (Å²) in [5, 5.41) is 0.756. The summed E-state index contributed by atoms with van der Waals surface area (Å²) in [6.45, 7) is 5.22. The Morgan fingerprint density at radius 3 is 2.83 bits per heavy atom. The number of unbranched alkanes of at least 4 members (excludes halogenated alkanes) is 1. The van der Waals surface area contributed by atoms with Crippen LogP contribution < -0.4 is 5.73 Å². The zero-order valence-electron chi connectivity index (χ0n) is 10.9. The average molecular weight is 265 g/mol. The lowest BCUT2D eigenvalue weighted by Gasteiger charge is -2.04. The van der Waals surface area contributed by atoms with Crippen molar-refractivity contribution in [3.63, 3.8) is 0 Å². The van der Waals surface area contributed by atoms with Crippen molar-refractivity contribution in [2.75, 3.05) is 11.5 Å². The standard InChI is InChI=1S/C12H19N5S/c1-3-5-7-18-12-15-10(13)9-11(16-12)17(6-4-2)8-14-9/h8H,3-7H2,1-2H3,(H2,13,15,16). The van der Waals surface area contributed by atoms with Crippen molar-refractivity contribution < 1.29 is 0 Å². The van der Waals surface area contributed by atoms with Crippen molar-refractivity contribution in [1.29, 1.82) is 0 Å². The Bertz CT molecular complexity index is 522. The highest BCUT2D eigenvalue weighted by molar-refractivity contribution is 7.99. The van der Waals surface area contributed by atoms with Gasteiger partial charge in [0, 0.05) is 12.3 Å². The van der Waals surface area contributed by atoms with Crippen LogP contribution in [0, 0.1) is 0 Å². The fourth-order valence-electron chi connectivity index (χ4n) is 1.72. The average Bonchev–Trinajstić information content (AvgIpc) is 2.74. The minimum atomic E-state index is 0.480. The third-order valence-corrected chi connectivity index (χ3v) is 3.60. The van der Waals surface area contributed by atoms with Crippen LogP contribution in [0.1, 0.15) is 33.1 Å². The van der Waals surface area contributed by atoms with Crippen LogP contribution in [0.2, 0.25) is 0 Å². The van der Waals surface area contributed by atoms with Gasteiger partial charge in [-0.1, -0.05) is 32.0 Å². The van der Waals surface area contributed by atoms with Crippen LogP contribution >= 0.6 is 11.8 Å². The van der Waals surface area contributed by atoms with Crippen LogP contribution in [0.25, 0.3) is 11.2 Å². The maximum atomic E-state index is 5.93. The van der Waals surface area contributed by atoms with Gasteiger partial charge in [-0.15, -0.1) is 0 Å². The lowest BCUT2D eigenvalue weighted by atomic mass is 10.4. The van der Waals surface area contributed by atoms with Crippen molar-refractivity contribution in [3.8, 4) is 0 Å². The topological polar surface area (TPSA) is 69.6 Å². The quantitative estimate of drug-likeness (QED) is 0.494. The van der Waals surface area contributed by atoms with Gasteiger partial charge in [-0.25, -0.2) is 15.0 Å². The molecule has 98 valence electrons. The Hall–Kier alpha value is -1.30. The lowest BCUT2D eigenvalue weighted by molar-refractivity contribution is 0.688. The molecule has 6 heteroatoms. The summed E-state index contributed by atoms with van der Waals surface area (Å²) < 4.78 is 2.04. The number of nitrogen functional groups attached to an aromatic ring is 1. The molecule has 0 saturated carbocycles. The van der Waals surface area contributed by atoms with Crippen molar-refractivity contribution >= 4 is 28.7 Å². The number of imidazole rings is 1. The second kappa shape index (κ2) is 6.04. The monoisotopic (exact) mass is 265 g/mol. The Balaban J connectivity index is 2.29. The molecule has 0 atom stereocenters. The van der Waals surface area contributed by atoms with Gasteiger partial charge in [0.05, 0.1) is 6.33 Å². The van der Waals surface area contributed by atoms with E-state index in [1.807, 2.05) is 4.57 Å². The SMILES string of the molecule is CCCCSc1nc(N)c2ncn(CCC)c2n1. The minimum absolute atomic E-state index is 0.480. The van der Waals surface area contributed by atoms with Crippen LogP contribution in [0.5, 0.6) is 0 Å². The van der Waals surface area contributed by atoms with Crippen LogP contribution in [0.15, 0.2) is 11.5 Å². The van der Waals surface area contributed by atoms with E-state index in [1.165, 1.54) is 12.8 Å². The first-order chi connectivity index (χ1) is 8.76. The highest BCUT2D eigenvalue weighted by Gasteiger charge is 2.10. The van der Waals surface area contributed by atoms with Crippen molar-refractivity contribution in [2.24, 2.45) is 0 Å². The van der Waals surface area contributed by atoms with Gasteiger partial charge in [0.2, 0.25) is 0 Å². The number of hydrogen-bond donors (Lipinski definition) is 1. The molecule has 2 aromatic heterocycles. The lowest BCUT2D eigenvalue weighted by Crippen LogP contribution is -2.01. The van der Waals surface area contributed by atoms with E-state index >= 15 is 0 Å². The number of rotatable bonds is 6. The van der Waals surface area contributed by atoms with Gasteiger partial charge in [-0.2, -0.15) is 0 Å². The van der Waals surface area contributed by atoms with Gasteiger partial charge in [0.15, 0.2) is 16.6 Å². The molecule has 2 aromatic rings. The second-order valence-electron chi connectivity index (χ2n) is 4.20. The normalized spacial score (nSPS) is 11.2. The van der Waals surface area contributed by atoms with Gasteiger partial charge < -0.3 is 10.3 Å². The Labute approximate surface area is 111 Å². The molecule has 0 aromatic carbocycles. The van der Waals surface area contributed by atoms with Crippen molar-refractivity contribution in [2.45, 2.75) is 44.8 Å². The van der Waals surface area contributed by atoms with Crippen LogP contribution in [-0.4, -0.2) is 25.3 Å². The van der Waals surface area contributed by atoms with E-state index in [9.17, 15) is 0 Å². The molecule has 2 heterocycles. The van der Waals surface area contributed by atoms with Crippen molar-refractivity contribution in [1.82, 2.24) is 19.5 Å². The third kappa shape index (κ3) is 2.75. The van der Waals surface area contributed by atoms with E-state index in [4.69, 9.17) is 5.73 Å². The fourth-order valence-corrected chi connectivity index (χ4v) is 2.65. The summed E-state index contributed by atoms with van der Waals surface area (Å²) in [6.07, 6.45) is 5.19. The largest absolute Gasteiger partial charge is 0.382 e. The summed E-state index contributed by atoms with van der Waals surface area (Å²) in [4.78, 5) is 13.1. The molecule has 0 amide bonds. The Morgan fingerprint density at radius 2 is 2.11 bits per heavy atom. The minimum Gasteiger partial charge on any atom is -0.382 e. The number of nitrogens with two attached hydrogens (primary N) is 1. The molecular weight excluding hydrogens is 246 g/mol. The molecule has 0 aliphatic heterocycles. The van der Waals surface area contributed by atoms with Gasteiger partial charge in [0.1, 0.15) is 5.52 Å². The number of anilines is 1. The number of aryl methyl sites for hydroxylation is 1. The first-order valence-electron chi connectivity index (χ1n) is 6.37. The van der Waals surface area contributed by atoms with E-state index in [1.54, 1.807) is 18.1 Å². The zero-order chi connectivity index (χ0) is 13.0. The van der Waals surface area contributed by atoms with E-state index in [0.717, 1.165) is 29.5 Å². The molecule has 5 nitrogen and oxygen atoms in total. The maximum absolute atomic E-state index is 5.93. The molecule has 0 radical (unpaired) electrons. The van der Waals surface area contributed by atoms with Crippen molar-refractivity contribution in [3.05, 3.63) is 6.33 Å². The highest BCUT2D eigenvalue weighted by atomic mass is 32.2. The fraction of sp³-hybridized carbons (Fsp3) is 0.583.